The number of hydrogen-bond acceptors (Lipinski definition) is 6. The van der Waals surface area contributed by atoms with Crippen LogP contribution in [0.3, 0.4) is 0 Å². The second-order valence-corrected chi connectivity index (χ2v) is 11.4. The lowest BCUT2D eigenvalue weighted by molar-refractivity contribution is -0.139. The number of fused-ring (bicyclic) bond motifs is 1. The molecule has 2 heterocycles. The summed E-state index contributed by atoms with van der Waals surface area (Å²) in [5.74, 6) is 0.643. The molecular formula is C26H28ClNO3S2. The third kappa shape index (κ3) is 5.08. The Morgan fingerprint density at radius 3 is 2.70 bits per heavy atom. The summed E-state index contributed by atoms with van der Waals surface area (Å²) in [6.07, 6.45) is 2.47. The number of nitrogens with one attached hydrogen (secondary N) is 1. The van der Waals surface area contributed by atoms with Crippen molar-refractivity contribution in [2.45, 2.75) is 39.0 Å². The summed E-state index contributed by atoms with van der Waals surface area (Å²) in [5, 5.41) is 4.04. The molecule has 1 aliphatic carbocycles. The van der Waals surface area contributed by atoms with Gasteiger partial charge in [0, 0.05) is 50.2 Å². The van der Waals surface area contributed by atoms with Gasteiger partial charge in [-0.05, 0) is 43.4 Å². The first-order valence-electron chi connectivity index (χ1n) is 11.2. The van der Waals surface area contributed by atoms with Gasteiger partial charge >= 0.3 is 5.97 Å². The molecule has 4 nitrogen and oxygen atoms in total. The summed E-state index contributed by atoms with van der Waals surface area (Å²) in [7, 11) is 0. The average Bonchev–Trinajstić information content (AvgIpc) is 3.21. The number of carbonyl (C=O) groups is 2. The zero-order valence-corrected chi connectivity index (χ0v) is 21.4. The predicted molar refractivity (Wildman–Crippen MR) is 137 cm³/mol. The fourth-order valence-corrected chi connectivity index (χ4v) is 6.45. The van der Waals surface area contributed by atoms with Gasteiger partial charge in [0.25, 0.3) is 0 Å². The van der Waals surface area contributed by atoms with E-state index in [0.717, 1.165) is 38.2 Å². The van der Waals surface area contributed by atoms with Gasteiger partial charge in [-0.2, -0.15) is 11.8 Å². The molecule has 7 heteroatoms. The minimum Gasteiger partial charge on any atom is -0.461 e. The molecule has 1 aromatic carbocycles. The Bertz CT molecular complexity index is 1120. The molecule has 1 aliphatic heterocycles. The molecule has 0 radical (unpaired) electrons. The first-order valence-corrected chi connectivity index (χ1v) is 13.5. The van der Waals surface area contributed by atoms with Crippen LogP contribution in [-0.2, 0) is 14.3 Å². The number of halogens is 1. The van der Waals surface area contributed by atoms with Crippen molar-refractivity contribution in [1.82, 2.24) is 5.32 Å². The lowest BCUT2D eigenvalue weighted by atomic mass is 9.70. The zero-order valence-electron chi connectivity index (χ0n) is 19.0. The van der Waals surface area contributed by atoms with Crippen LogP contribution in [0.2, 0.25) is 5.02 Å². The van der Waals surface area contributed by atoms with Crippen LogP contribution in [0.25, 0.3) is 0 Å². The number of thiophene rings is 1. The van der Waals surface area contributed by atoms with Crippen LogP contribution in [0.15, 0.2) is 59.4 Å². The normalized spacial score (nSPS) is 22.5. The van der Waals surface area contributed by atoms with E-state index < -0.39 is 5.92 Å². The molecule has 0 spiro atoms. The summed E-state index contributed by atoms with van der Waals surface area (Å²) in [4.78, 5) is 29.0. The van der Waals surface area contributed by atoms with E-state index in [1.165, 1.54) is 0 Å². The molecule has 3 atom stereocenters. The summed E-state index contributed by atoms with van der Waals surface area (Å²) in [5.41, 5.74) is 3.10. The minimum absolute atomic E-state index is 0.0944. The van der Waals surface area contributed by atoms with Gasteiger partial charge in [-0.15, -0.1) is 11.3 Å². The van der Waals surface area contributed by atoms with Crippen LogP contribution in [0.5, 0.6) is 0 Å². The third-order valence-electron chi connectivity index (χ3n) is 6.12. The highest BCUT2D eigenvalue weighted by Crippen LogP contribution is 2.48. The lowest BCUT2D eigenvalue weighted by Gasteiger charge is -2.39. The zero-order chi connectivity index (χ0) is 23.5. The second kappa shape index (κ2) is 10.5. The number of carbonyl (C=O) groups excluding carboxylic acids is 2. The fourth-order valence-electron chi connectivity index (χ4n) is 4.66. The standard InChI is InChI=1S/C26H28ClNO3S2/c1-4-32-12-11-31-26(30)23-16(3)28-20-13-17(18-7-5-6-8-19(18)27)14-21(29)24(20)25(23)22-10-9-15(2)33-22/h5-10,13,17,24-25,28H,4,11-12,14H2,1-3H3. The first kappa shape index (κ1) is 24.1. The maximum absolute atomic E-state index is 13.6. The molecule has 0 amide bonds. The molecule has 174 valence electrons. The number of Topliss-reactive ketones (excluding diaryl/α,β-unsaturated/α-hetero) is 1. The smallest absolute Gasteiger partial charge is 0.336 e. The van der Waals surface area contributed by atoms with E-state index in [2.05, 4.69) is 18.3 Å². The Kier molecular flexibility index (Phi) is 7.67. The number of aryl methyl sites for hydroxylation is 1. The van der Waals surface area contributed by atoms with E-state index in [9.17, 15) is 9.59 Å². The highest BCUT2D eigenvalue weighted by molar-refractivity contribution is 7.99. The van der Waals surface area contributed by atoms with Crippen LogP contribution in [0.4, 0.5) is 0 Å². The van der Waals surface area contributed by atoms with Crippen molar-refractivity contribution in [2.75, 3.05) is 18.1 Å². The van der Waals surface area contributed by atoms with Crippen LogP contribution in [0, 0.1) is 12.8 Å². The van der Waals surface area contributed by atoms with Gasteiger partial charge in [0.15, 0.2) is 0 Å². The Morgan fingerprint density at radius 1 is 1.21 bits per heavy atom. The van der Waals surface area contributed by atoms with E-state index in [1.807, 2.05) is 50.2 Å². The SMILES string of the molecule is CCSCCOC(=O)C1=C(C)NC2=CC(c3ccccc3Cl)CC(=O)C2C1c1ccc(C)s1. The van der Waals surface area contributed by atoms with Crippen molar-refractivity contribution in [3.63, 3.8) is 0 Å². The van der Waals surface area contributed by atoms with Gasteiger partial charge in [-0.3, -0.25) is 4.79 Å². The summed E-state index contributed by atoms with van der Waals surface area (Å²) < 4.78 is 5.63. The van der Waals surface area contributed by atoms with Crippen LogP contribution < -0.4 is 5.32 Å². The van der Waals surface area contributed by atoms with E-state index in [4.69, 9.17) is 16.3 Å². The number of thioether (sulfide) groups is 1. The van der Waals surface area contributed by atoms with Gasteiger partial charge in [-0.1, -0.05) is 42.8 Å². The number of hydrogen-bond donors (Lipinski definition) is 1. The Balaban J connectivity index is 1.73. The maximum atomic E-state index is 13.6. The Hall–Kier alpha value is -2.02. The summed E-state index contributed by atoms with van der Waals surface area (Å²) in [6, 6.07) is 11.7. The molecule has 2 aromatic rings. The summed E-state index contributed by atoms with van der Waals surface area (Å²) >= 11 is 9.81. The molecule has 0 saturated carbocycles. The highest BCUT2D eigenvalue weighted by atomic mass is 35.5. The number of allylic oxidation sites excluding steroid dienone is 3. The van der Waals surface area contributed by atoms with Crippen LogP contribution >= 0.6 is 34.7 Å². The molecule has 1 N–H and O–H groups in total. The minimum atomic E-state index is -0.432. The van der Waals surface area contributed by atoms with Crippen molar-refractivity contribution in [3.8, 4) is 0 Å². The molecule has 4 rings (SSSR count). The molecule has 3 unspecified atom stereocenters. The monoisotopic (exact) mass is 501 g/mol. The number of esters is 1. The van der Waals surface area contributed by atoms with Crippen molar-refractivity contribution in [2.24, 2.45) is 5.92 Å². The van der Waals surface area contributed by atoms with Gasteiger partial charge in [0.05, 0.1) is 11.5 Å². The number of benzene rings is 1. The van der Waals surface area contributed by atoms with Crippen molar-refractivity contribution in [3.05, 3.63) is 79.8 Å². The van der Waals surface area contributed by atoms with E-state index in [1.54, 1.807) is 23.1 Å². The quantitative estimate of drug-likeness (QED) is 0.360. The topological polar surface area (TPSA) is 55.4 Å². The largest absolute Gasteiger partial charge is 0.461 e. The Labute approximate surface area is 208 Å². The third-order valence-corrected chi connectivity index (χ3v) is 8.41. The number of ketones is 1. The lowest BCUT2D eigenvalue weighted by Crippen LogP contribution is -2.41. The molecule has 0 saturated heterocycles. The fraction of sp³-hybridized carbons (Fsp3) is 0.385. The van der Waals surface area contributed by atoms with E-state index >= 15 is 0 Å². The van der Waals surface area contributed by atoms with Gasteiger partial charge in [0.1, 0.15) is 12.4 Å². The number of rotatable bonds is 7. The molecule has 0 bridgehead atoms. The van der Waals surface area contributed by atoms with Gasteiger partial charge in [-0.25, -0.2) is 4.79 Å². The first-order chi connectivity index (χ1) is 15.9. The highest BCUT2D eigenvalue weighted by Gasteiger charge is 2.45. The van der Waals surface area contributed by atoms with Crippen LogP contribution in [0.1, 0.15) is 47.4 Å². The Morgan fingerprint density at radius 2 is 2.00 bits per heavy atom. The van der Waals surface area contributed by atoms with E-state index in [0.29, 0.717) is 23.6 Å². The van der Waals surface area contributed by atoms with E-state index in [-0.39, 0.29) is 23.6 Å². The van der Waals surface area contributed by atoms with Crippen molar-refractivity contribution >= 4 is 46.5 Å². The molecule has 2 aliphatic rings. The molecule has 1 aromatic heterocycles. The predicted octanol–water partition coefficient (Wildman–Crippen LogP) is 6.22. The average molecular weight is 502 g/mol. The second-order valence-electron chi connectivity index (χ2n) is 8.32. The maximum Gasteiger partial charge on any atom is 0.336 e. The summed E-state index contributed by atoms with van der Waals surface area (Å²) in [6.45, 7) is 6.38. The van der Waals surface area contributed by atoms with Crippen molar-refractivity contribution in [1.29, 1.82) is 0 Å². The van der Waals surface area contributed by atoms with Gasteiger partial charge in [0.2, 0.25) is 0 Å². The molecular weight excluding hydrogens is 474 g/mol. The number of ether oxygens (including phenoxy) is 1. The molecule has 0 fully saturated rings. The molecule has 33 heavy (non-hydrogen) atoms. The van der Waals surface area contributed by atoms with Gasteiger partial charge < -0.3 is 10.1 Å². The van der Waals surface area contributed by atoms with Crippen LogP contribution in [-0.4, -0.2) is 29.9 Å². The van der Waals surface area contributed by atoms with Crippen molar-refractivity contribution < 1.29 is 14.3 Å².